The molecule has 0 saturated heterocycles. The Kier molecular flexibility index (Phi) is 5.57. The van der Waals surface area contributed by atoms with Gasteiger partial charge in [0, 0.05) is 5.56 Å². The van der Waals surface area contributed by atoms with Gasteiger partial charge in [0.25, 0.3) is 0 Å². The zero-order valence-corrected chi connectivity index (χ0v) is 14.7. The van der Waals surface area contributed by atoms with Gasteiger partial charge in [0.1, 0.15) is 11.6 Å². The minimum absolute atomic E-state index is 0.198. The van der Waals surface area contributed by atoms with E-state index in [1.54, 1.807) is 54.6 Å². The summed E-state index contributed by atoms with van der Waals surface area (Å²) in [4.78, 5) is 24.3. The van der Waals surface area contributed by atoms with E-state index in [4.69, 9.17) is 4.74 Å². The van der Waals surface area contributed by atoms with Crippen LogP contribution in [-0.2, 0) is 0 Å². The lowest BCUT2D eigenvalue weighted by Crippen LogP contribution is -2.08. The van der Waals surface area contributed by atoms with Gasteiger partial charge < -0.3 is 4.74 Å². The Morgan fingerprint density at radius 2 is 1.41 bits per heavy atom. The first-order valence-electron chi connectivity index (χ1n) is 8.38. The molecule has 0 spiro atoms. The molecule has 4 heteroatoms. The number of rotatable bonds is 5. The highest BCUT2D eigenvalue weighted by Crippen LogP contribution is 2.16. The second-order valence-electron chi connectivity index (χ2n) is 6.03. The van der Waals surface area contributed by atoms with E-state index >= 15 is 0 Å². The van der Waals surface area contributed by atoms with E-state index in [1.807, 2.05) is 19.1 Å². The van der Waals surface area contributed by atoms with Crippen molar-refractivity contribution < 1.29 is 18.7 Å². The molecule has 0 aliphatic heterocycles. The summed E-state index contributed by atoms with van der Waals surface area (Å²) in [5.74, 6) is -0.616. The number of carbonyl (C=O) groups excluding carboxylic acids is 2. The summed E-state index contributed by atoms with van der Waals surface area (Å²) in [6, 6.07) is 19.3. The number of hydrogen-bond acceptors (Lipinski definition) is 3. The van der Waals surface area contributed by atoms with Crippen LogP contribution in [0.25, 0.3) is 6.08 Å². The highest BCUT2D eigenvalue weighted by molar-refractivity contribution is 6.06. The molecule has 0 heterocycles. The number of halogens is 1. The average molecular weight is 360 g/mol. The van der Waals surface area contributed by atoms with E-state index in [0.29, 0.717) is 16.9 Å². The molecule has 134 valence electrons. The molecular weight excluding hydrogens is 343 g/mol. The molecule has 0 aromatic heterocycles. The summed E-state index contributed by atoms with van der Waals surface area (Å²) in [5, 5.41) is 0. The van der Waals surface area contributed by atoms with Gasteiger partial charge in [0.05, 0.1) is 5.56 Å². The fourth-order valence-electron chi connectivity index (χ4n) is 2.38. The Morgan fingerprint density at radius 1 is 0.815 bits per heavy atom. The van der Waals surface area contributed by atoms with Crippen LogP contribution >= 0.6 is 0 Å². The molecule has 0 N–H and O–H groups in total. The van der Waals surface area contributed by atoms with Gasteiger partial charge in [0.2, 0.25) is 0 Å². The first-order valence-corrected chi connectivity index (χ1v) is 8.38. The topological polar surface area (TPSA) is 43.4 Å². The summed E-state index contributed by atoms with van der Waals surface area (Å²) in [6.45, 7) is 1.94. The third-order valence-electron chi connectivity index (χ3n) is 3.93. The lowest BCUT2D eigenvalue weighted by Gasteiger charge is -2.05. The van der Waals surface area contributed by atoms with Crippen LogP contribution in [0.5, 0.6) is 5.75 Å². The Morgan fingerprint density at radius 3 is 2.04 bits per heavy atom. The van der Waals surface area contributed by atoms with Gasteiger partial charge >= 0.3 is 5.97 Å². The Labute approximate surface area is 156 Å². The van der Waals surface area contributed by atoms with Crippen molar-refractivity contribution in [3.8, 4) is 5.75 Å². The number of esters is 1. The van der Waals surface area contributed by atoms with Crippen molar-refractivity contribution in [1.82, 2.24) is 0 Å². The number of benzene rings is 3. The molecule has 0 aliphatic carbocycles. The number of aryl methyl sites for hydroxylation is 1. The number of hydrogen-bond donors (Lipinski definition) is 0. The van der Waals surface area contributed by atoms with Gasteiger partial charge in [-0.05, 0) is 67.1 Å². The van der Waals surface area contributed by atoms with E-state index in [-0.39, 0.29) is 11.6 Å². The van der Waals surface area contributed by atoms with Crippen LogP contribution in [0.1, 0.15) is 31.8 Å². The number of ketones is 1. The van der Waals surface area contributed by atoms with Crippen molar-refractivity contribution >= 4 is 17.8 Å². The summed E-state index contributed by atoms with van der Waals surface area (Å²) in [5.41, 5.74) is 2.71. The number of ether oxygens (including phenoxy) is 1. The molecule has 0 saturated carbocycles. The summed E-state index contributed by atoms with van der Waals surface area (Å²) in [6.07, 6.45) is 3.04. The zero-order chi connectivity index (χ0) is 19.2. The lowest BCUT2D eigenvalue weighted by atomic mass is 10.1. The van der Waals surface area contributed by atoms with Crippen molar-refractivity contribution in [2.24, 2.45) is 0 Å². The summed E-state index contributed by atoms with van der Waals surface area (Å²) >= 11 is 0. The van der Waals surface area contributed by atoms with Crippen LogP contribution in [0.2, 0.25) is 0 Å². The van der Waals surface area contributed by atoms with E-state index in [0.717, 1.165) is 11.1 Å². The minimum atomic E-state index is -0.453. The van der Waals surface area contributed by atoms with Gasteiger partial charge in [-0.1, -0.05) is 35.9 Å². The third-order valence-corrected chi connectivity index (χ3v) is 3.93. The highest BCUT2D eigenvalue weighted by Gasteiger charge is 2.09. The predicted octanol–water partition coefficient (Wildman–Crippen LogP) is 5.25. The maximum absolute atomic E-state index is 12.9. The van der Waals surface area contributed by atoms with E-state index in [9.17, 15) is 14.0 Å². The first kappa shape index (κ1) is 18.3. The number of allylic oxidation sites excluding steroid dienone is 1. The molecule has 0 radical (unpaired) electrons. The third kappa shape index (κ3) is 4.98. The summed E-state index contributed by atoms with van der Waals surface area (Å²) < 4.78 is 18.2. The maximum Gasteiger partial charge on any atom is 0.343 e. The van der Waals surface area contributed by atoms with Crippen LogP contribution in [0.4, 0.5) is 4.39 Å². The molecule has 0 amide bonds. The van der Waals surface area contributed by atoms with Crippen LogP contribution in [0, 0.1) is 12.7 Å². The smallest absolute Gasteiger partial charge is 0.343 e. The Hall–Kier alpha value is -3.53. The fraction of sp³-hybridized carbons (Fsp3) is 0.0435. The van der Waals surface area contributed by atoms with Gasteiger partial charge in [-0.2, -0.15) is 0 Å². The first-order chi connectivity index (χ1) is 13.0. The molecule has 0 aliphatic rings. The second kappa shape index (κ2) is 8.23. The van der Waals surface area contributed by atoms with Crippen molar-refractivity contribution in [3.05, 3.63) is 107 Å². The van der Waals surface area contributed by atoms with Crippen LogP contribution in [-0.4, -0.2) is 11.8 Å². The van der Waals surface area contributed by atoms with Crippen molar-refractivity contribution in [2.75, 3.05) is 0 Å². The Balaban J connectivity index is 1.64. The van der Waals surface area contributed by atoms with Gasteiger partial charge in [0.15, 0.2) is 5.78 Å². The zero-order valence-electron chi connectivity index (χ0n) is 14.7. The molecule has 27 heavy (non-hydrogen) atoms. The second-order valence-corrected chi connectivity index (χ2v) is 6.03. The average Bonchev–Trinajstić information content (AvgIpc) is 2.68. The maximum atomic E-state index is 12.9. The highest BCUT2D eigenvalue weighted by atomic mass is 19.1. The van der Waals surface area contributed by atoms with E-state index < -0.39 is 5.97 Å². The molecule has 0 fully saturated rings. The lowest BCUT2D eigenvalue weighted by molar-refractivity contribution is 0.0734. The molecular formula is C23H17FO3. The van der Waals surface area contributed by atoms with Gasteiger partial charge in [-0.25, -0.2) is 9.18 Å². The fourth-order valence-corrected chi connectivity index (χ4v) is 2.38. The predicted molar refractivity (Wildman–Crippen MR) is 102 cm³/mol. The quantitative estimate of drug-likeness (QED) is 0.270. The van der Waals surface area contributed by atoms with Crippen molar-refractivity contribution in [1.29, 1.82) is 0 Å². The molecule has 3 nitrogen and oxygen atoms in total. The molecule has 3 aromatic rings. The minimum Gasteiger partial charge on any atom is -0.423 e. The molecule has 3 rings (SSSR count). The van der Waals surface area contributed by atoms with E-state index in [1.165, 1.54) is 18.2 Å². The largest absolute Gasteiger partial charge is 0.423 e. The molecule has 0 atom stereocenters. The summed E-state index contributed by atoms with van der Waals surface area (Å²) in [7, 11) is 0. The monoisotopic (exact) mass is 360 g/mol. The van der Waals surface area contributed by atoms with E-state index in [2.05, 4.69) is 0 Å². The number of carbonyl (C=O) groups is 2. The van der Waals surface area contributed by atoms with Gasteiger partial charge in [-0.15, -0.1) is 0 Å². The standard InChI is InChI=1S/C23H17FO3/c1-16-2-7-19(8-3-16)23(26)27-21-13-9-18(10-14-21)22(25)15-6-17-4-11-20(24)12-5-17/h2-15H,1H3/b15-6+. The molecule has 3 aromatic carbocycles. The molecule has 0 bridgehead atoms. The molecule has 0 unspecified atom stereocenters. The SMILES string of the molecule is Cc1ccc(C(=O)Oc2ccc(C(=O)/C=C/c3ccc(F)cc3)cc2)cc1. The van der Waals surface area contributed by atoms with Crippen molar-refractivity contribution in [3.63, 3.8) is 0 Å². The van der Waals surface area contributed by atoms with Crippen LogP contribution < -0.4 is 4.74 Å². The van der Waals surface area contributed by atoms with Gasteiger partial charge in [-0.3, -0.25) is 4.79 Å². The van der Waals surface area contributed by atoms with Crippen LogP contribution in [0.3, 0.4) is 0 Å². The normalized spacial score (nSPS) is 10.7. The Bertz CT molecular complexity index is 970. The van der Waals surface area contributed by atoms with Crippen molar-refractivity contribution in [2.45, 2.75) is 6.92 Å². The van der Waals surface area contributed by atoms with Crippen LogP contribution in [0.15, 0.2) is 78.9 Å².